The first-order valence-corrected chi connectivity index (χ1v) is 12.7. The van der Waals surface area contributed by atoms with E-state index in [0.29, 0.717) is 0 Å². The van der Waals surface area contributed by atoms with Crippen LogP contribution in [0.4, 0.5) is 0 Å². The standard InChI is InChI=1S/C18H38O2SSi/c1-5-7-8-9-10-13-18(21)20-16-14-17(22(3)4)12-11-15-19-6-2/h17,22H,5-16H2,1-4H3. The number of hydrogen-bond donors (Lipinski definition) is 0. The molecule has 0 aromatic rings. The topological polar surface area (TPSA) is 18.5 Å². The summed E-state index contributed by atoms with van der Waals surface area (Å²) in [4.78, 5) is 0. The molecular formula is C18H38O2SSi. The van der Waals surface area contributed by atoms with Crippen LogP contribution >= 0.6 is 12.2 Å². The van der Waals surface area contributed by atoms with Crippen molar-refractivity contribution in [2.24, 2.45) is 0 Å². The second kappa shape index (κ2) is 15.9. The van der Waals surface area contributed by atoms with Crippen molar-refractivity contribution < 1.29 is 9.47 Å². The Morgan fingerprint density at radius 3 is 2.32 bits per heavy atom. The van der Waals surface area contributed by atoms with Gasteiger partial charge in [0.2, 0.25) is 0 Å². The van der Waals surface area contributed by atoms with Gasteiger partial charge < -0.3 is 9.47 Å². The van der Waals surface area contributed by atoms with Crippen molar-refractivity contribution in [2.75, 3.05) is 19.8 Å². The maximum Gasteiger partial charge on any atom is 0.159 e. The molecule has 0 amide bonds. The predicted molar refractivity (Wildman–Crippen MR) is 105 cm³/mol. The molecule has 1 atom stereocenters. The Hall–Kier alpha value is 0.0669. The van der Waals surface area contributed by atoms with E-state index in [-0.39, 0.29) is 0 Å². The van der Waals surface area contributed by atoms with Crippen molar-refractivity contribution in [1.82, 2.24) is 0 Å². The maximum absolute atomic E-state index is 5.78. The molecule has 0 saturated heterocycles. The summed E-state index contributed by atoms with van der Waals surface area (Å²) in [6.45, 7) is 11.7. The van der Waals surface area contributed by atoms with Crippen molar-refractivity contribution >= 4 is 26.1 Å². The highest BCUT2D eigenvalue weighted by molar-refractivity contribution is 7.80. The van der Waals surface area contributed by atoms with Crippen LogP contribution < -0.4 is 0 Å². The summed E-state index contributed by atoms with van der Waals surface area (Å²) in [6.07, 6.45) is 11.1. The summed E-state index contributed by atoms with van der Waals surface area (Å²) in [5.74, 6) is 0. The monoisotopic (exact) mass is 346 g/mol. The third-order valence-corrected chi connectivity index (χ3v) is 7.12. The molecule has 0 aromatic carbocycles. The number of hydrogen-bond acceptors (Lipinski definition) is 3. The highest BCUT2D eigenvalue weighted by Crippen LogP contribution is 2.22. The number of rotatable bonds is 15. The molecule has 0 fully saturated rings. The number of unbranched alkanes of at least 4 members (excludes halogenated alkanes) is 4. The van der Waals surface area contributed by atoms with Gasteiger partial charge >= 0.3 is 0 Å². The Balaban J connectivity index is 3.67. The molecule has 0 aliphatic carbocycles. The van der Waals surface area contributed by atoms with Gasteiger partial charge in [-0.25, -0.2) is 0 Å². The minimum absolute atomic E-state index is 0.614. The van der Waals surface area contributed by atoms with Crippen molar-refractivity contribution in [2.45, 2.75) is 90.3 Å². The molecule has 0 heterocycles. The third kappa shape index (κ3) is 13.7. The van der Waals surface area contributed by atoms with Crippen molar-refractivity contribution in [1.29, 1.82) is 0 Å². The molecule has 0 rings (SSSR count). The van der Waals surface area contributed by atoms with Gasteiger partial charge in [-0.15, -0.1) is 0 Å². The van der Waals surface area contributed by atoms with Crippen LogP contribution in [-0.2, 0) is 9.47 Å². The lowest BCUT2D eigenvalue weighted by Gasteiger charge is -2.20. The van der Waals surface area contributed by atoms with E-state index in [0.717, 1.165) is 36.8 Å². The van der Waals surface area contributed by atoms with E-state index < -0.39 is 8.80 Å². The van der Waals surface area contributed by atoms with E-state index in [1.807, 2.05) is 0 Å². The first-order chi connectivity index (χ1) is 10.6. The molecule has 0 aliphatic heterocycles. The van der Waals surface area contributed by atoms with Crippen LogP contribution in [0.2, 0.25) is 18.6 Å². The van der Waals surface area contributed by atoms with E-state index in [9.17, 15) is 0 Å². The molecule has 4 heteroatoms. The fourth-order valence-electron chi connectivity index (χ4n) is 2.67. The van der Waals surface area contributed by atoms with Crippen LogP contribution in [0.3, 0.4) is 0 Å². The van der Waals surface area contributed by atoms with Crippen LogP contribution in [0.25, 0.3) is 0 Å². The van der Waals surface area contributed by atoms with Crippen LogP contribution in [0, 0.1) is 0 Å². The number of thiocarbonyl (C=S) groups is 1. The maximum atomic E-state index is 5.78. The highest BCUT2D eigenvalue weighted by Gasteiger charge is 2.14. The summed E-state index contributed by atoms with van der Waals surface area (Å²) < 4.78 is 11.2. The van der Waals surface area contributed by atoms with Gasteiger partial charge in [-0.1, -0.05) is 52.1 Å². The lowest BCUT2D eigenvalue weighted by molar-refractivity contribution is 0.142. The van der Waals surface area contributed by atoms with Crippen LogP contribution in [0.5, 0.6) is 0 Å². The van der Waals surface area contributed by atoms with E-state index in [1.165, 1.54) is 51.4 Å². The molecule has 0 bridgehead atoms. The predicted octanol–water partition coefficient (Wildman–Crippen LogP) is 5.75. The summed E-state index contributed by atoms with van der Waals surface area (Å²) in [7, 11) is -0.614. The quantitative estimate of drug-likeness (QED) is 0.213. The summed E-state index contributed by atoms with van der Waals surface area (Å²) >= 11 is 5.34. The van der Waals surface area contributed by atoms with Gasteiger partial charge in [-0.2, -0.15) is 0 Å². The van der Waals surface area contributed by atoms with Gasteiger partial charge in [0.15, 0.2) is 5.05 Å². The van der Waals surface area contributed by atoms with Gasteiger partial charge in [0, 0.05) is 28.4 Å². The number of ether oxygens (including phenoxy) is 2. The molecule has 0 radical (unpaired) electrons. The lowest BCUT2D eigenvalue weighted by atomic mass is 10.1. The largest absolute Gasteiger partial charge is 0.487 e. The average Bonchev–Trinajstić information content (AvgIpc) is 2.49. The zero-order valence-electron chi connectivity index (χ0n) is 15.4. The first-order valence-electron chi connectivity index (χ1n) is 9.35. The molecule has 0 aliphatic rings. The Bertz CT molecular complexity index is 259. The molecule has 22 heavy (non-hydrogen) atoms. The van der Waals surface area contributed by atoms with Crippen molar-refractivity contribution in [3.05, 3.63) is 0 Å². The Morgan fingerprint density at radius 2 is 1.68 bits per heavy atom. The minimum Gasteiger partial charge on any atom is -0.487 e. The second-order valence-electron chi connectivity index (χ2n) is 6.52. The summed E-state index contributed by atoms with van der Waals surface area (Å²) in [5, 5.41) is 0.829. The molecule has 2 nitrogen and oxygen atoms in total. The van der Waals surface area contributed by atoms with Crippen LogP contribution in [-0.4, -0.2) is 33.7 Å². The van der Waals surface area contributed by atoms with Gasteiger partial charge in [0.1, 0.15) is 0 Å². The molecular weight excluding hydrogens is 308 g/mol. The zero-order chi connectivity index (χ0) is 16.6. The lowest BCUT2D eigenvalue weighted by Crippen LogP contribution is -2.16. The van der Waals surface area contributed by atoms with Gasteiger partial charge in [-0.05, 0) is 43.9 Å². The van der Waals surface area contributed by atoms with E-state index in [1.54, 1.807) is 0 Å². The Morgan fingerprint density at radius 1 is 0.955 bits per heavy atom. The second-order valence-corrected chi connectivity index (χ2v) is 10.4. The fourth-order valence-corrected chi connectivity index (χ4v) is 4.60. The van der Waals surface area contributed by atoms with Crippen molar-refractivity contribution in [3.63, 3.8) is 0 Å². The highest BCUT2D eigenvalue weighted by atomic mass is 32.1. The van der Waals surface area contributed by atoms with Crippen LogP contribution in [0.1, 0.15) is 71.6 Å². The van der Waals surface area contributed by atoms with Crippen LogP contribution in [0.15, 0.2) is 0 Å². The van der Waals surface area contributed by atoms with Gasteiger partial charge in [0.05, 0.1) is 6.61 Å². The normalized spacial score (nSPS) is 12.6. The smallest absolute Gasteiger partial charge is 0.159 e. The fraction of sp³-hybridized carbons (Fsp3) is 0.944. The summed E-state index contributed by atoms with van der Waals surface area (Å²) in [5.41, 5.74) is 0.854. The molecule has 0 aromatic heterocycles. The first kappa shape index (κ1) is 22.1. The molecule has 0 saturated carbocycles. The van der Waals surface area contributed by atoms with Gasteiger partial charge in [-0.3, -0.25) is 0 Å². The molecule has 0 spiro atoms. The van der Waals surface area contributed by atoms with Gasteiger partial charge in [0.25, 0.3) is 0 Å². The molecule has 0 N–H and O–H groups in total. The van der Waals surface area contributed by atoms with E-state index in [4.69, 9.17) is 21.7 Å². The zero-order valence-corrected chi connectivity index (χ0v) is 17.3. The average molecular weight is 347 g/mol. The van der Waals surface area contributed by atoms with E-state index >= 15 is 0 Å². The Labute approximate surface area is 146 Å². The summed E-state index contributed by atoms with van der Waals surface area (Å²) in [6, 6.07) is 0. The van der Waals surface area contributed by atoms with Crippen molar-refractivity contribution in [3.8, 4) is 0 Å². The van der Waals surface area contributed by atoms with E-state index in [2.05, 4.69) is 26.9 Å². The third-order valence-electron chi connectivity index (χ3n) is 4.25. The Kier molecular flexibility index (Phi) is 16.0. The molecule has 1 unspecified atom stereocenters. The molecule has 132 valence electrons. The SMILES string of the molecule is CCCCCCCC(=S)OCCC(CCCOCC)[SiH](C)C. The minimum atomic E-state index is -0.614.